The average Bonchev–Trinajstić information content (AvgIpc) is 2.47. The highest BCUT2D eigenvalue weighted by Crippen LogP contribution is 2.19. The lowest BCUT2D eigenvalue weighted by Crippen LogP contribution is -2.51. The van der Waals surface area contributed by atoms with E-state index in [2.05, 4.69) is 9.97 Å². The van der Waals surface area contributed by atoms with Gasteiger partial charge in [-0.15, -0.1) is 0 Å². The lowest BCUT2D eigenvalue weighted by Gasteiger charge is -2.33. The molecule has 0 spiro atoms. The van der Waals surface area contributed by atoms with Crippen LogP contribution in [-0.4, -0.2) is 57.4 Å². The van der Waals surface area contributed by atoms with Crippen molar-refractivity contribution in [1.29, 1.82) is 0 Å². The van der Waals surface area contributed by atoms with Gasteiger partial charge in [-0.3, -0.25) is 4.79 Å². The highest BCUT2D eigenvalue weighted by atomic mass is 35.5. The van der Waals surface area contributed by atoms with E-state index in [-0.39, 0.29) is 22.7 Å². The van der Waals surface area contributed by atoms with Gasteiger partial charge in [0, 0.05) is 18.1 Å². The lowest BCUT2D eigenvalue weighted by molar-refractivity contribution is -0.147. The van der Waals surface area contributed by atoms with Crippen LogP contribution < -0.4 is 0 Å². The molecule has 20 heavy (non-hydrogen) atoms. The zero-order valence-corrected chi connectivity index (χ0v) is 12.5. The number of esters is 1. The zero-order chi connectivity index (χ0) is 14.5. The van der Waals surface area contributed by atoms with Gasteiger partial charge in [0.1, 0.15) is 16.9 Å². The van der Waals surface area contributed by atoms with Crippen LogP contribution in [0.2, 0.25) is 5.15 Å². The molecular weight excluding hydrogens is 302 g/mol. The SMILES string of the molecule is CCOC(=O)C1CSCCN1C(=O)c1cnc(Cl)cn1. The van der Waals surface area contributed by atoms with Crippen LogP contribution in [0.1, 0.15) is 17.4 Å². The number of nitrogens with zero attached hydrogens (tertiary/aromatic N) is 3. The van der Waals surface area contributed by atoms with Gasteiger partial charge < -0.3 is 9.64 Å². The van der Waals surface area contributed by atoms with E-state index >= 15 is 0 Å². The first-order valence-electron chi connectivity index (χ1n) is 6.16. The molecule has 0 aromatic carbocycles. The van der Waals surface area contributed by atoms with E-state index in [0.717, 1.165) is 5.75 Å². The number of hydrogen-bond donors (Lipinski definition) is 0. The van der Waals surface area contributed by atoms with Crippen molar-refractivity contribution in [2.24, 2.45) is 0 Å². The topological polar surface area (TPSA) is 72.4 Å². The first-order valence-corrected chi connectivity index (χ1v) is 7.69. The maximum Gasteiger partial charge on any atom is 0.329 e. The van der Waals surface area contributed by atoms with Crippen LogP contribution in [0.15, 0.2) is 12.4 Å². The first kappa shape index (κ1) is 15.1. The number of halogens is 1. The Morgan fingerprint density at radius 1 is 1.50 bits per heavy atom. The molecule has 0 radical (unpaired) electrons. The summed E-state index contributed by atoms with van der Waals surface area (Å²) >= 11 is 7.27. The molecule has 1 saturated heterocycles. The minimum atomic E-state index is -0.571. The molecular formula is C12H14ClN3O3S. The predicted molar refractivity (Wildman–Crippen MR) is 75.8 cm³/mol. The van der Waals surface area contributed by atoms with Gasteiger partial charge in [-0.2, -0.15) is 11.8 Å². The van der Waals surface area contributed by atoms with Crippen LogP contribution >= 0.6 is 23.4 Å². The quantitative estimate of drug-likeness (QED) is 0.782. The second-order valence-electron chi connectivity index (χ2n) is 4.07. The van der Waals surface area contributed by atoms with E-state index < -0.39 is 6.04 Å². The van der Waals surface area contributed by atoms with Crippen molar-refractivity contribution in [2.45, 2.75) is 13.0 Å². The van der Waals surface area contributed by atoms with E-state index in [1.807, 2.05) is 0 Å². The fourth-order valence-corrected chi connectivity index (χ4v) is 2.98. The Morgan fingerprint density at radius 2 is 2.30 bits per heavy atom. The summed E-state index contributed by atoms with van der Waals surface area (Å²) in [6, 6.07) is -0.571. The second-order valence-corrected chi connectivity index (χ2v) is 5.60. The molecule has 2 rings (SSSR count). The average molecular weight is 316 g/mol. The summed E-state index contributed by atoms with van der Waals surface area (Å²) in [5.41, 5.74) is 0.176. The van der Waals surface area contributed by atoms with Crippen LogP contribution in [0.4, 0.5) is 0 Å². The van der Waals surface area contributed by atoms with Crippen LogP contribution in [0.25, 0.3) is 0 Å². The summed E-state index contributed by atoms with van der Waals surface area (Å²) in [4.78, 5) is 33.6. The molecule has 0 saturated carbocycles. The minimum Gasteiger partial charge on any atom is -0.464 e. The van der Waals surface area contributed by atoms with E-state index in [1.165, 1.54) is 17.3 Å². The van der Waals surface area contributed by atoms with Gasteiger partial charge in [-0.1, -0.05) is 11.6 Å². The fraction of sp³-hybridized carbons (Fsp3) is 0.500. The molecule has 1 unspecified atom stereocenters. The molecule has 0 bridgehead atoms. The van der Waals surface area contributed by atoms with Crippen molar-refractivity contribution in [3.05, 3.63) is 23.2 Å². The Kier molecular flexibility index (Phi) is 5.19. The number of ether oxygens (including phenoxy) is 1. The summed E-state index contributed by atoms with van der Waals surface area (Å²) in [5.74, 6) is 0.608. The standard InChI is InChI=1S/C12H14ClN3O3S/c1-2-19-12(18)9-7-20-4-3-16(9)11(17)8-5-15-10(13)6-14-8/h5-6,9H,2-4,7H2,1H3. The Bertz CT molecular complexity index is 497. The maximum absolute atomic E-state index is 12.4. The Hall–Kier alpha value is -1.34. The van der Waals surface area contributed by atoms with E-state index in [9.17, 15) is 9.59 Å². The Morgan fingerprint density at radius 3 is 2.95 bits per heavy atom. The summed E-state index contributed by atoms with van der Waals surface area (Å²) in [7, 11) is 0. The highest BCUT2D eigenvalue weighted by molar-refractivity contribution is 7.99. The number of rotatable bonds is 3. The molecule has 0 N–H and O–H groups in total. The van der Waals surface area contributed by atoms with Crippen molar-refractivity contribution < 1.29 is 14.3 Å². The summed E-state index contributed by atoms with van der Waals surface area (Å²) in [6.07, 6.45) is 2.63. The van der Waals surface area contributed by atoms with E-state index in [0.29, 0.717) is 18.9 Å². The van der Waals surface area contributed by atoms with Gasteiger partial charge in [0.25, 0.3) is 5.91 Å². The third-order valence-electron chi connectivity index (χ3n) is 2.79. The van der Waals surface area contributed by atoms with Crippen molar-refractivity contribution in [3.63, 3.8) is 0 Å². The van der Waals surface area contributed by atoms with Gasteiger partial charge in [0.05, 0.1) is 19.0 Å². The molecule has 1 amide bonds. The zero-order valence-electron chi connectivity index (χ0n) is 10.9. The van der Waals surface area contributed by atoms with Crippen LogP contribution in [0.3, 0.4) is 0 Å². The molecule has 1 fully saturated rings. The van der Waals surface area contributed by atoms with Gasteiger partial charge >= 0.3 is 5.97 Å². The van der Waals surface area contributed by atoms with Gasteiger partial charge in [0.15, 0.2) is 0 Å². The smallest absolute Gasteiger partial charge is 0.329 e. The predicted octanol–water partition coefficient (Wildman–Crippen LogP) is 1.25. The third kappa shape index (κ3) is 3.40. The molecule has 1 aromatic heterocycles. The van der Waals surface area contributed by atoms with Crippen molar-refractivity contribution in [3.8, 4) is 0 Å². The lowest BCUT2D eigenvalue weighted by atomic mass is 10.2. The molecule has 1 aliphatic rings. The first-order chi connectivity index (χ1) is 9.63. The molecule has 1 atom stereocenters. The Balaban J connectivity index is 2.16. The normalized spacial score (nSPS) is 18.7. The monoisotopic (exact) mass is 315 g/mol. The number of carbonyl (C=O) groups is 2. The summed E-state index contributed by atoms with van der Waals surface area (Å²) < 4.78 is 5.01. The van der Waals surface area contributed by atoms with Crippen LogP contribution in [-0.2, 0) is 9.53 Å². The van der Waals surface area contributed by atoms with Crippen molar-refractivity contribution >= 4 is 35.2 Å². The van der Waals surface area contributed by atoms with Crippen LogP contribution in [0, 0.1) is 0 Å². The summed E-state index contributed by atoms with van der Waals surface area (Å²) in [5, 5.41) is 0.220. The van der Waals surface area contributed by atoms with Gasteiger partial charge in [-0.25, -0.2) is 14.8 Å². The number of aromatic nitrogens is 2. The number of hydrogen-bond acceptors (Lipinski definition) is 6. The van der Waals surface area contributed by atoms with Gasteiger partial charge in [0.2, 0.25) is 0 Å². The van der Waals surface area contributed by atoms with E-state index in [4.69, 9.17) is 16.3 Å². The number of carbonyl (C=O) groups excluding carboxylic acids is 2. The van der Waals surface area contributed by atoms with Crippen LogP contribution in [0.5, 0.6) is 0 Å². The molecule has 1 aliphatic heterocycles. The van der Waals surface area contributed by atoms with Crippen molar-refractivity contribution in [2.75, 3.05) is 24.7 Å². The fourth-order valence-electron chi connectivity index (χ4n) is 1.85. The number of amides is 1. The molecule has 108 valence electrons. The van der Waals surface area contributed by atoms with Gasteiger partial charge in [-0.05, 0) is 6.92 Å². The number of thioether (sulfide) groups is 1. The maximum atomic E-state index is 12.4. The summed E-state index contributed by atoms with van der Waals surface area (Å²) in [6.45, 7) is 2.52. The molecule has 1 aromatic rings. The van der Waals surface area contributed by atoms with Crippen molar-refractivity contribution in [1.82, 2.24) is 14.9 Å². The molecule has 8 heteroatoms. The molecule has 0 aliphatic carbocycles. The highest BCUT2D eigenvalue weighted by Gasteiger charge is 2.34. The largest absolute Gasteiger partial charge is 0.464 e. The minimum absolute atomic E-state index is 0.176. The molecule has 2 heterocycles. The Labute approximate surface area is 125 Å². The second kappa shape index (κ2) is 6.90. The molecule has 6 nitrogen and oxygen atoms in total. The van der Waals surface area contributed by atoms with E-state index in [1.54, 1.807) is 18.7 Å². The third-order valence-corrected chi connectivity index (χ3v) is 4.01.